The fourth-order valence-electron chi connectivity index (χ4n) is 2.67. The van der Waals surface area contributed by atoms with Gasteiger partial charge in [-0.2, -0.15) is 0 Å². The summed E-state index contributed by atoms with van der Waals surface area (Å²) < 4.78 is 10.7. The highest BCUT2D eigenvalue weighted by Gasteiger charge is 2.20. The van der Waals surface area contributed by atoms with Gasteiger partial charge in [0.25, 0.3) is 0 Å². The second-order valence-corrected chi connectivity index (χ2v) is 6.26. The molecule has 0 radical (unpaired) electrons. The molecule has 0 heterocycles. The van der Waals surface area contributed by atoms with Gasteiger partial charge in [-0.3, -0.25) is 0 Å². The average Bonchev–Trinajstić information content (AvgIpc) is 2.62. The Morgan fingerprint density at radius 1 is 1.00 bits per heavy atom. The fraction of sp³-hybridized carbons (Fsp3) is 0.600. The highest BCUT2D eigenvalue weighted by molar-refractivity contribution is 9.09. The lowest BCUT2D eigenvalue weighted by Gasteiger charge is -2.18. The van der Waals surface area contributed by atoms with E-state index in [9.17, 15) is 0 Å². The molecule has 1 aromatic rings. The second kappa shape index (κ2) is 6.46. The van der Waals surface area contributed by atoms with Gasteiger partial charge in [0.15, 0.2) is 0 Å². The highest BCUT2D eigenvalue weighted by Crippen LogP contribution is 2.37. The number of hydrogen-bond donors (Lipinski definition) is 0. The summed E-state index contributed by atoms with van der Waals surface area (Å²) in [5.74, 6) is 2.39. The first-order valence-corrected chi connectivity index (χ1v) is 7.51. The van der Waals surface area contributed by atoms with E-state index >= 15 is 0 Å². The molecule has 0 aromatic heterocycles. The van der Waals surface area contributed by atoms with Crippen molar-refractivity contribution in [2.75, 3.05) is 14.2 Å². The maximum Gasteiger partial charge on any atom is 0.122 e. The molecular weight excluding hydrogens is 292 g/mol. The third kappa shape index (κ3) is 3.41. The van der Waals surface area contributed by atoms with Crippen molar-refractivity contribution in [3.05, 3.63) is 23.8 Å². The molecule has 18 heavy (non-hydrogen) atoms. The third-order valence-corrected chi connectivity index (χ3v) is 4.54. The summed E-state index contributed by atoms with van der Waals surface area (Å²) in [7, 11) is 3.41. The van der Waals surface area contributed by atoms with Gasteiger partial charge in [0.1, 0.15) is 11.5 Å². The van der Waals surface area contributed by atoms with E-state index in [-0.39, 0.29) is 0 Å². The molecule has 1 fully saturated rings. The van der Waals surface area contributed by atoms with Crippen LogP contribution in [0.2, 0.25) is 0 Å². The highest BCUT2D eigenvalue weighted by atomic mass is 79.9. The van der Waals surface area contributed by atoms with E-state index in [4.69, 9.17) is 9.47 Å². The van der Waals surface area contributed by atoms with Gasteiger partial charge in [-0.1, -0.05) is 28.8 Å². The number of benzene rings is 1. The van der Waals surface area contributed by atoms with Gasteiger partial charge in [0.05, 0.1) is 14.2 Å². The maximum atomic E-state index is 5.35. The Morgan fingerprint density at radius 3 is 2.22 bits per heavy atom. The first-order valence-electron chi connectivity index (χ1n) is 6.60. The fourth-order valence-corrected chi connectivity index (χ4v) is 3.44. The van der Waals surface area contributed by atoms with Crippen LogP contribution < -0.4 is 9.47 Å². The van der Waals surface area contributed by atoms with Crippen LogP contribution in [0.5, 0.6) is 11.5 Å². The molecule has 0 saturated heterocycles. The molecule has 0 aliphatic heterocycles. The quantitative estimate of drug-likeness (QED) is 0.603. The van der Waals surface area contributed by atoms with E-state index in [2.05, 4.69) is 28.1 Å². The number of hydrogen-bond acceptors (Lipinski definition) is 2. The van der Waals surface area contributed by atoms with E-state index < -0.39 is 0 Å². The van der Waals surface area contributed by atoms with Crippen LogP contribution >= 0.6 is 15.9 Å². The summed E-state index contributed by atoms with van der Waals surface area (Å²) in [6.07, 6.45) is 6.39. The maximum absolute atomic E-state index is 5.35. The van der Waals surface area contributed by atoms with Crippen LogP contribution in [0.3, 0.4) is 0 Å². The minimum Gasteiger partial charge on any atom is -0.497 e. The summed E-state index contributed by atoms with van der Waals surface area (Å²) in [5, 5.41) is 0. The molecule has 2 nitrogen and oxygen atoms in total. The summed E-state index contributed by atoms with van der Waals surface area (Å²) >= 11 is 3.78. The number of rotatable bonds is 3. The molecule has 2 rings (SSSR count). The van der Waals surface area contributed by atoms with Crippen LogP contribution in [-0.2, 0) is 0 Å². The van der Waals surface area contributed by atoms with Gasteiger partial charge in [0, 0.05) is 10.9 Å². The van der Waals surface area contributed by atoms with Gasteiger partial charge in [-0.25, -0.2) is 0 Å². The number of halogens is 1. The van der Waals surface area contributed by atoms with Gasteiger partial charge < -0.3 is 9.47 Å². The predicted molar refractivity (Wildman–Crippen MR) is 78.1 cm³/mol. The monoisotopic (exact) mass is 312 g/mol. The van der Waals surface area contributed by atoms with Crippen LogP contribution in [0.1, 0.15) is 43.6 Å². The van der Waals surface area contributed by atoms with Crippen molar-refractivity contribution in [1.82, 2.24) is 0 Å². The molecule has 1 aromatic carbocycles. The van der Waals surface area contributed by atoms with Crippen LogP contribution in [0.4, 0.5) is 0 Å². The molecule has 1 aliphatic carbocycles. The van der Waals surface area contributed by atoms with Crippen molar-refractivity contribution < 1.29 is 9.47 Å². The standard InChI is InChI=1S/C15H21BrO2/c1-17-14-8-12(9-15(10-14)18-2)11-5-3-4-6-13(16)7-11/h8-11,13H,3-7H2,1-2H3. The average molecular weight is 313 g/mol. The SMILES string of the molecule is COc1cc(OC)cc(C2CCCCC(Br)C2)c1. The van der Waals surface area contributed by atoms with E-state index in [1.54, 1.807) is 14.2 Å². The summed E-state index contributed by atoms with van der Waals surface area (Å²) in [5.41, 5.74) is 1.34. The summed E-state index contributed by atoms with van der Waals surface area (Å²) in [6.45, 7) is 0. The smallest absolute Gasteiger partial charge is 0.122 e. The van der Waals surface area contributed by atoms with Crippen LogP contribution in [0.15, 0.2) is 18.2 Å². The van der Waals surface area contributed by atoms with Gasteiger partial charge in [-0.15, -0.1) is 0 Å². The normalized spacial score (nSPS) is 24.4. The van der Waals surface area contributed by atoms with Gasteiger partial charge >= 0.3 is 0 Å². The van der Waals surface area contributed by atoms with Crippen molar-refractivity contribution in [3.8, 4) is 11.5 Å². The number of alkyl halides is 1. The van der Waals surface area contributed by atoms with E-state index in [0.29, 0.717) is 10.7 Å². The minimum atomic E-state index is 0.612. The first kappa shape index (κ1) is 13.7. The second-order valence-electron chi connectivity index (χ2n) is 4.96. The van der Waals surface area contributed by atoms with Gasteiger partial charge in [-0.05, 0) is 42.9 Å². The molecule has 100 valence electrons. The van der Waals surface area contributed by atoms with Crippen LogP contribution in [-0.4, -0.2) is 19.0 Å². The lowest BCUT2D eigenvalue weighted by Crippen LogP contribution is -2.04. The first-order chi connectivity index (χ1) is 8.72. The van der Waals surface area contributed by atoms with Gasteiger partial charge in [0.2, 0.25) is 0 Å². The molecule has 3 heteroatoms. The van der Waals surface area contributed by atoms with Crippen molar-refractivity contribution in [3.63, 3.8) is 0 Å². The molecule has 0 N–H and O–H groups in total. The molecule has 1 aliphatic rings. The third-order valence-electron chi connectivity index (χ3n) is 3.71. The molecule has 1 saturated carbocycles. The topological polar surface area (TPSA) is 18.5 Å². The lowest BCUT2D eigenvalue weighted by atomic mass is 9.91. The Labute approximate surface area is 118 Å². The Morgan fingerprint density at radius 2 is 1.61 bits per heavy atom. The molecular formula is C15H21BrO2. The summed E-state index contributed by atoms with van der Waals surface area (Å²) in [6, 6.07) is 6.24. The van der Waals surface area contributed by atoms with Crippen LogP contribution in [0, 0.1) is 0 Å². The molecule has 0 spiro atoms. The Balaban J connectivity index is 2.24. The van der Waals surface area contributed by atoms with E-state index in [0.717, 1.165) is 11.5 Å². The Kier molecular flexibility index (Phi) is 4.93. The van der Waals surface area contributed by atoms with E-state index in [1.807, 2.05) is 6.07 Å². The molecule has 2 unspecified atom stereocenters. The number of methoxy groups -OCH3 is 2. The lowest BCUT2D eigenvalue weighted by molar-refractivity contribution is 0.392. The van der Waals surface area contributed by atoms with E-state index in [1.165, 1.54) is 37.7 Å². The molecule has 0 amide bonds. The largest absolute Gasteiger partial charge is 0.497 e. The zero-order chi connectivity index (χ0) is 13.0. The summed E-state index contributed by atoms with van der Waals surface area (Å²) in [4.78, 5) is 0.641. The van der Waals surface area contributed by atoms with Crippen LogP contribution in [0.25, 0.3) is 0 Å². The molecule has 2 atom stereocenters. The predicted octanol–water partition coefficient (Wildman–Crippen LogP) is 4.52. The van der Waals surface area contributed by atoms with Crippen molar-refractivity contribution in [2.24, 2.45) is 0 Å². The minimum absolute atomic E-state index is 0.612. The Bertz CT molecular complexity index is 370. The molecule has 0 bridgehead atoms. The van der Waals surface area contributed by atoms with Crippen molar-refractivity contribution >= 4 is 15.9 Å². The van der Waals surface area contributed by atoms with Crippen molar-refractivity contribution in [2.45, 2.75) is 42.8 Å². The Hall–Kier alpha value is -0.700. The number of ether oxygens (including phenoxy) is 2. The van der Waals surface area contributed by atoms with Crippen molar-refractivity contribution in [1.29, 1.82) is 0 Å². The zero-order valence-corrected chi connectivity index (χ0v) is 12.7. The zero-order valence-electron chi connectivity index (χ0n) is 11.1.